The summed E-state index contributed by atoms with van der Waals surface area (Å²) in [6.07, 6.45) is 3.62. The summed E-state index contributed by atoms with van der Waals surface area (Å²) in [5.41, 5.74) is 9.30. The Bertz CT molecular complexity index is 763. The number of carbonyl (C=O) groups excluding carboxylic acids is 1. The number of anilines is 1. The van der Waals surface area contributed by atoms with Crippen molar-refractivity contribution in [1.82, 2.24) is 0 Å². The summed E-state index contributed by atoms with van der Waals surface area (Å²) in [4.78, 5) is 12.3. The molecule has 2 N–H and O–H groups in total. The average molecular weight is 289 g/mol. The van der Waals surface area contributed by atoms with Gasteiger partial charge in [-0.3, -0.25) is 4.79 Å². The van der Waals surface area contributed by atoms with Gasteiger partial charge in [0, 0.05) is 23.4 Å². The molecule has 108 valence electrons. The molecule has 0 fully saturated rings. The van der Waals surface area contributed by atoms with E-state index in [4.69, 9.17) is 5.73 Å². The summed E-state index contributed by atoms with van der Waals surface area (Å²) >= 11 is 0. The van der Waals surface area contributed by atoms with Gasteiger partial charge in [0.2, 0.25) is 12.3 Å². The second-order valence-corrected chi connectivity index (χ2v) is 5.17. The highest BCUT2D eigenvalue weighted by Gasteiger charge is 2.12. The van der Waals surface area contributed by atoms with Gasteiger partial charge < -0.3 is 5.73 Å². The van der Waals surface area contributed by atoms with Crippen molar-refractivity contribution in [3.8, 4) is 11.1 Å². The number of rotatable bonds is 4. The molecule has 0 aliphatic carbocycles. The molecule has 0 saturated carbocycles. The molecule has 3 aromatic rings. The van der Waals surface area contributed by atoms with E-state index in [1.165, 1.54) is 0 Å². The van der Waals surface area contributed by atoms with Crippen LogP contribution in [0.2, 0.25) is 0 Å². The number of nitrogen functional groups attached to an aromatic ring is 1. The quantitative estimate of drug-likeness (QED) is 0.592. The summed E-state index contributed by atoms with van der Waals surface area (Å²) < 4.78 is 1.82. The fourth-order valence-corrected chi connectivity index (χ4v) is 2.31. The van der Waals surface area contributed by atoms with Crippen LogP contribution in [0.3, 0.4) is 0 Å². The van der Waals surface area contributed by atoms with Crippen molar-refractivity contribution in [3.63, 3.8) is 0 Å². The van der Waals surface area contributed by atoms with Crippen LogP contribution in [0.25, 0.3) is 11.1 Å². The molecule has 1 aromatic heterocycles. The van der Waals surface area contributed by atoms with E-state index >= 15 is 0 Å². The summed E-state index contributed by atoms with van der Waals surface area (Å²) in [7, 11) is 0. The lowest BCUT2D eigenvalue weighted by atomic mass is 10.0. The Labute approximate surface area is 129 Å². The first-order valence-electron chi connectivity index (χ1n) is 7.16. The highest BCUT2D eigenvalue weighted by Crippen LogP contribution is 2.19. The largest absolute Gasteiger partial charge is 0.398 e. The van der Waals surface area contributed by atoms with Crippen LogP contribution in [0.1, 0.15) is 10.4 Å². The smallest absolute Gasteiger partial charge is 0.227 e. The Balaban J connectivity index is 1.75. The number of carbonyl (C=O) groups is 1. The SMILES string of the molecule is Nc1cc[n+](CC(=O)c2ccc(-c3ccccc3)cc2)cc1. The second kappa shape index (κ2) is 6.22. The standard InChI is InChI=1S/C19H16N2O/c20-18-10-12-21(13-11-18)14-19(22)17-8-6-16(7-9-17)15-4-2-1-3-5-15/h1-13,20H,14H2/p+1. The Morgan fingerprint density at radius 2 is 1.41 bits per heavy atom. The second-order valence-electron chi connectivity index (χ2n) is 5.17. The topological polar surface area (TPSA) is 47.0 Å². The number of hydrogen-bond acceptors (Lipinski definition) is 2. The van der Waals surface area contributed by atoms with Gasteiger partial charge in [0.1, 0.15) is 0 Å². The molecule has 1 heterocycles. The minimum Gasteiger partial charge on any atom is -0.398 e. The monoisotopic (exact) mass is 289 g/mol. The van der Waals surface area contributed by atoms with Gasteiger partial charge in [-0.05, 0) is 11.1 Å². The minimum atomic E-state index is 0.0781. The van der Waals surface area contributed by atoms with Gasteiger partial charge in [-0.2, -0.15) is 4.57 Å². The fourth-order valence-electron chi connectivity index (χ4n) is 2.31. The van der Waals surface area contributed by atoms with Gasteiger partial charge in [0.05, 0.1) is 0 Å². The predicted octanol–water partition coefficient (Wildman–Crippen LogP) is 3.11. The van der Waals surface area contributed by atoms with E-state index in [0.29, 0.717) is 17.8 Å². The number of nitrogens with zero attached hydrogens (tertiary/aromatic N) is 1. The molecule has 0 aliphatic rings. The van der Waals surface area contributed by atoms with Crippen LogP contribution in [-0.4, -0.2) is 5.78 Å². The molecular formula is C19H17N2O+. The maximum absolute atomic E-state index is 12.3. The highest BCUT2D eigenvalue weighted by atomic mass is 16.1. The third-order valence-corrected chi connectivity index (χ3v) is 3.56. The molecule has 0 radical (unpaired) electrons. The van der Waals surface area contributed by atoms with Gasteiger partial charge in [0.15, 0.2) is 12.4 Å². The average Bonchev–Trinajstić information content (AvgIpc) is 2.58. The first-order valence-corrected chi connectivity index (χ1v) is 7.16. The molecule has 0 bridgehead atoms. The molecule has 0 amide bonds. The van der Waals surface area contributed by atoms with E-state index in [2.05, 4.69) is 12.1 Å². The van der Waals surface area contributed by atoms with Crippen molar-refractivity contribution >= 4 is 11.5 Å². The van der Waals surface area contributed by atoms with Crippen LogP contribution in [0.5, 0.6) is 0 Å². The van der Waals surface area contributed by atoms with Crippen molar-refractivity contribution in [1.29, 1.82) is 0 Å². The third kappa shape index (κ3) is 3.20. The first kappa shape index (κ1) is 14.0. The molecule has 0 aliphatic heterocycles. The molecular weight excluding hydrogens is 272 g/mol. The zero-order valence-electron chi connectivity index (χ0n) is 12.1. The number of aromatic nitrogens is 1. The summed E-state index contributed by atoms with van der Waals surface area (Å²) in [6, 6.07) is 21.4. The van der Waals surface area contributed by atoms with Gasteiger partial charge in [-0.1, -0.05) is 54.6 Å². The third-order valence-electron chi connectivity index (χ3n) is 3.56. The van der Waals surface area contributed by atoms with Crippen molar-refractivity contribution in [3.05, 3.63) is 84.7 Å². The Kier molecular flexibility index (Phi) is 3.97. The van der Waals surface area contributed by atoms with Gasteiger partial charge in [0.25, 0.3) is 0 Å². The van der Waals surface area contributed by atoms with Crippen molar-refractivity contribution in [2.45, 2.75) is 6.54 Å². The molecule has 22 heavy (non-hydrogen) atoms. The van der Waals surface area contributed by atoms with E-state index in [-0.39, 0.29) is 5.78 Å². The van der Waals surface area contributed by atoms with Gasteiger partial charge >= 0.3 is 0 Å². The molecule has 0 atom stereocenters. The number of hydrogen-bond donors (Lipinski definition) is 1. The lowest BCUT2D eigenvalue weighted by Crippen LogP contribution is -2.37. The molecule has 0 spiro atoms. The van der Waals surface area contributed by atoms with Gasteiger partial charge in [-0.15, -0.1) is 0 Å². The molecule has 3 heteroatoms. The number of Topliss-reactive ketones (excluding diaryl/α,β-unsaturated/α-hetero) is 1. The van der Waals surface area contributed by atoms with Crippen LogP contribution >= 0.6 is 0 Å². The van der Waals surface area contributed by atoms with Crippen LogP contribution in [0.4, 0.5) is 5.69 Å². The maximum atomic E-state index is 12.3. The molecule has 2 aromatic carbocycles. The maximum Gasteiger partial charge on any atom is 0.227 e. The molecule has 3 nitrogen and oxygen atoms in total. The van der Waals surface area contributed by atoms with Crippen molar-refractivity contribution in [2.24, 2.45) is 0 Å². The Morgan fingerprint density at radius 1 is 0.818 bits per heavy atom. The normalized spacial score (nSPS) is 10.4. The lowest BCUT2D eigenvalue weighted by Gasteiger charge is -2.03. The summed E-state index contributed by atoms with van der Waals surface area (Å²) in [6.45, 7) is 0.310. The zero-order valence-corrected chi connectivity index (χ0v) is 12.1. The number of nitrogens with two attached hydrogens (primary N) is 1. The summed E-state index contributed by atoms with van der Waals surface area (Å²) in [5, 5.41) is 0. The van der Waals surface area contributed by atoms with Crippen LogP contribution in [0.15, 0.2) is 79.1 Å². The van der Waals surface area contributed by atoms with E-state index < -0.39 is 0 Å². The number of ketones is 1. The highest BCUT2D eigenvalue weighted by molar-refractivity contribution is 5.95. The Morgan fingerprint density at radius 3 is 2.05 bits per heavy atom. The number of benzene rings is 2. The van der Waals surface area contributed by atoms with Crippen LogP contribution in [0, 0.1) is 0 Å². The van der Waals surface area contributed by atoms with Crippen LogP contribution in [-0.2, 0) is 6.54 Å². The van der Waals surface area contributed by atoms with E-state index in [1.807, 2.05) is 59.4 Å². The van der Waals surface area contributed by atoms with E-state index in [1.54, 1.807) is 12.1 Å². The molecule has 0 saturated heterocycles. The first-order chi connectivity index (χ1) is 10.7. The molecule has 0 unspecified atom stereocenters. The van der Waals surface area contributed by atoms with Gasteiger partial charge in [-0.25, -0.2) is 0 Å². The van der Waals surface area contributed by atoms with Crippen LogP contribution < -0.4 is 10.3 Å². The predicted molar refractivity (Wildman–Crippen MR) is 87.3 cm³/mol. The summed E-state index contributed by atoms with van der Waals surface area (Å²) in [5.74, 6) is 0.0781. The zero-order chi connectivity index (χ0) is 15.4. The lowest BCUT2D eigenvalue weighted by molar-refractivity contribution is -0.683. The minimum absolute atomic E-state index is 0.0781. The van der Waals surface area contributed by atoms with E-state index in [0.717, 1.165) is 11.1 Å². The van der Waals surface area contributed by atoms with Crippen molar-refractivity contribution < 1.29 is 9.36 Å². The van der Waals surface area contributed by atoms with Crippen molar-refractivity contribution in [2.75, 3.05) is 5.73 Å². The fraction of sp³-hybridized carbons (Fsp3) is 0.0526. The number of pyridine rings is 1. The Hall–Kier alpha value is -2.94. The van der Waals surface area contributed by atoms with E-state index in [9.17, 15) is 4.79 Å². The molecule has 3 rings (SSSR count).